The molecule has 0 aromatic carbocycles. The first-order valence-electron chi connectivity index (χ1n) is 5.37. The summed E-state index contributed by atoms with van der Waals surface area (Å²) in [7, 11) is 1.62. The van der Waals surface area contributed by atoms with Gasteiger partial charge in [0, 0.05) is 19.2 Å². The van der Waals surface area contributed by atoms with Gasteiger partial charge in [-0.15, -0.1) is 0 Å². The number of nitrogen functional groups attached to an aromatic ring is 1. The van der Waals surface area contributed by atoms with Crippen LogP contribution in [0.1, 0.15) is 19.3 Å². The Morgan fingerprint density at radius 1 is 1.27 bits per heavy atom. The van der Waals surface area contributed by atoms with Gasteiger partial charge in [-0.05, 0) is 25.3 Å². The highest BCUT2D eigenvalue weighted by Crippen LogP contribution is 2.26. The van der Waals surface area contributed by atoms with Crippen molar-refractivity contribution in [2.24, 2.45) is 0 Å². The lowest BCUT2D eigenvalue weighted by Gasteiger charge is -2.28. The average Bonchev–Trinajstić information content (AvgIpc) is 2.31. The predicted octanol–water partition coefficient (Wildman–Crippen LogP) is 1.66. The van der Waals surface area contributed by atoms with Crippen molar-refractivity contribution in [2.45, 2.75) is 19.3 Å². The summed E-state index contributed by atoms with van der Waals surface area (Å²) in [6.07, 6.45) is 3.75. The average molecular weight is 207 g/mol. The molecule has 2 heterocycles. The van der Waals surface area contributed by atoms with Gasteiger partial charge < -0.3 is 15.4 Å². The molecule has 1 aliphatic heterocycles. The van der Waals surface area contributed by atoms with E-state index in [1.807, 2.05) is 6.07 Å². The quantitative estimate of drug-likeness (QED) is 0.801. The molecule has 0 aliphatic carbocycles. The zero-order chi connectivity index (χ0) is 10.7. The first-order valence-corrected chi connectivity index (χ1v) is 5.37. The Morgan fingerprint density at radius 3 is 2.67 bits per heavy atom. The molecule has 1 aromatic heterocycles. The molecule has 1 aromatic rings. The number of methoxy groups -OCH3 is 1. The summed E-state index contributed by atoms with van der Waals surface area (Å²) in [6, 6.07) is 3.65. The smallest absolute Gasteiger partial charge is 0.215 e. The minimum absolute atomic E-state index is 0.629. The molecule has 0 atom stereocenters. The first-order chi connectivity index (χ1) is 7.31. The number of aromatic nitrogens is 1. The molecule has 1 fully saturated rings. The molecule has 15 heavy (non-hydrogen) atoms. The fraction of sp³-hybridized carbons (Fsp3) is 0.545. The van der Waals surface area contributed by atoms with Gasteiger partial charge in [0.1, 0.15) is 0 Å². The number of hydrogen-bond acceptors (Lipinski definition) is 4. The first kappa shape index (κ1) is 10.1. The molecule has 4 nitrogen and oxygen atoms in total. The third kappa shape index (κ3) is 2.14. The van der Waals surface area contributed by atoms with E-state index in [4.69, 9.17) is 10.5 Å². The van der Waals surface area contributed by atoms with Gasteiger partial charge in [-0.2, -0.15) is 4.98 Å². The fourth-order valence-electron chi connectivity index (χ4n) is 1.91. The van der Waals surface area contributed by atoms with Crippen molar-refractivity contribution in [3.63, 3.8) is 0 Å². The molecule has 2 rings (SSSR count). The Balaban J connectivity index is 2.24. The molecule has 0 radical (unpaired) electrons. The van der Waals surface area contributed by atoms with Gasteiger partial charge in [-0.25, -0.2) is 0 Å². The maximum Gasteiger partial charge on any atom is 0.215 e. The van der Waals surface area contributed by atoms with E-state index in [-0.39, 0.29) is 0 Å². The molecule has 0 spiro atoms. The highest BCUT2D eigenvalue weighted by Gasteiger charge is 2.15. The topological polar surface area (TPSA) is 51.4 Å². The van der Waals surface area contributed by atoms with Crippen molar-refractivity contribution < 1.29 is 4.74 Å². The maximum atomic E-state index is 5.92. The normalized spacial score (nSPS) is 16.5. The molecule has 2 N–H and O–H groups in total. The zero-order valence-electron chi connectivity index (χ0n) is 9.07. The van der Waals surface area contributed by atoms with Crippen LogP contribution < -0.4 is 15.4 Å². The molecule has 4 heteroatoms. The lowest BCUT2D eigenvalue weighted by molar-refractivity contribution is 0.397. The van der Waals surface area contributed by atoms with Crippen molar-refractivity contribution in [3.05, 3.63) is 12.1 Å². The Bertz CT molecular complexity index is 335. The van der Waals surface area contributed by atoms with Crippen LogP contribution in [0.2, 0.25) is 0 Å². The summed E-state index contributed by atoms with van der Waals surface area (Å²) < 4.78 is 5.11. The van der Waals surface area contributed by atoms with E-state index >= 15 is 0 Å². The van der Waals surface area contributed by atoms with Gasteiger partial charge >= 0.3 is 0 Å². The van der Waals surface area contributed by atoms with Crippen LogP contribution in [0.4, 0.5) is 11.5 Å². The number of hydrogen-bond donors (Lipinski definition) is 1. The number of rotatable bonds is 2. The summed E-state index contributed by atoms with van der Waals surface area (Å²) in [6.45, 7) is 2.09. The molecule has 1 aliphatic rings. The second kappa shape index (κ2) is 4.38. The van der Waals surface area contributed by atoms with Crippen LogP contribution in [0.15, 0.2) is 12.1 Å². The fourth-order valence-corrected chi connectivity index (χ4v) is 1.91. The maximum absolute atomic E-state index is 5.92. The van der Waals surface area contributed by atoms with Gasteiger partial charge in [0.05, 0.1) is 12.8 Å². The van der Waals surface area contributed by atoms with Crippen molar-refractivity contribution in [1.82, 2.24) is 4.98 Å². The summed E-state index contributed by atoms with van der Waals surface area (Å²) in [4.78, 5) is 6.63. The minimum Gasteiger partial charge on any atom is -0.481 e. The van der Waals surface area contributed by atoms with Crippen LogP contribution in [-0.2, 0) is 0 Å². The Labute approximate surface area is 90.0 Å². The largest absolute Gasteiger partial charge is 0.481 e. The van der Waals surface area contributed by atoms with Crippen LogP contribution >= 0.6 is 0 Å². The third-order valence-corrected chi connectivity index (χ3v) is 2.74. The standard InChI is InChI=1S/C11H17N3O/c1-15-10-6-5-9(12)11(13-10)14-7-3-2-4-8-14/h5-6H,2-4,7-8,12H2,1H3. The third-order valence-electron chi connectivity index (χ3n) is 2.74. The van der Waals surface area contributed by atoms with Gasteiger partial charge in [-0.3, -0.25) is 0 Å². The summed E-state index contributed by atoms with van der Waals surface area (Å²) in [5.41, 5.74) is 6.65. The van der Waals surface area contributed by atoms with Crippen molar-refractivity contribution in [1.29, 1.82) is 0 Å². The van der Waals surface area contributed by atoms with Crippen LogP contribution in [0.3, 0.4) is 0 Å². The number of ether oxygens (including phenoxy) is 1. The highest BCUT2D eigenvalue weighted by atomic mass is 16.5. The summed E-state index contributed by atoms with van der Waals surface area (Å²) >= 11 is 0. The number of anilines is 2. The van der Waals surface area contributed by atoms with Gasteiger partial charge in [-0.1, -0.05) is 0 Å². The van der Waals surface area contributed by atoms with E-state index in [0.29, 0.717) is 5.88 Å². The number of piperidine rings is 1. The molecular weight excluding hydrogens is 190 g/mol. The van der Waals surface area contributed by atoms with Crippen LogP contribution in [0.25, 0.3) is 0 Å². The predicted molar refractivity (Wildman–Crippen MR) is 61.3 cm³/mol. The molecule has 0 saturated carbocycles. The minimum atomic E-state index is 0.629. The Morgan fingerprint density at radius 2 is 2.00 bits per heavy atom. The molecule has 82 valence electrons. The van der Waals surface area contributed by atoms with Crippen LogP contribution in [-0.4, -0.2) is 25.2 Å². The second-order valence-corrected chi connectivity index (χ2v) is 3.81. The van der Waals surface area contributed by atoms with E-state index in [2.05, 4.69) is 9.88 Å². The highest BCUT2D eigenvalue weighted by molar-refractivity contribution is 5.63. The molecule has 0 bridgehead atoms. The summed E-state index contributed by atoms with van der Waals surface area (Å²) in [5, 5.41) is 0. The summed E-state index contributed by atoms with van der Waals surface area (Å²) in [5.74, 6) is 1.50. The Hall–Kier alpha value is -1.45. The van der Waals surface area contributed by atoms with Gasteiger partial charge in [0.15, 0.2) is 5.82 Å². The van der Waals surface area contributed by atoms with E-state index in [0.717, 1.165) is 24.6 Å². The molecule has 0 amide bonds. The second-order valence-electron chi connectivity index (χ2n) is 3.81. The van der Waals surface area contributed by atoms with Crippen LogP contribution in [0, 0.1) is 0 Å². The van der Waals surface area contributed by atoms with Gasteiger partial charge in [0.25, 0.3) is 0 Å². The SMILES string of the molecule is COc1ccc(N)c(N2CCCCC2)n1. The number of pyridine rings is 1. The van der Waals surface area contributed by atoms with E-state index in [1.54, 1.807) is 13.2 Å². The van der Waals surface area contributed by atoms with E-state index in [9.17, 15) is 0 Å². The van der Waals surface area contributed by atoms with Crippen LogP contribution in [0.5, 0.6) is 5.88 Å². The van der Waals surface area contributed by atoms with E-state index in [1.165, 1.54) is 19.3 Å². The van der Waals surface area contributed by atoms with E-state index < -0.39 is 0 Å². The lowest BCUT2D eigenvalue weighted by Crippen LogP contribution is -2.30. The number of nitrogens with two attached hydrogens (primary N) is 1. The molecule has 1 saturated heterocycles. The van der Waals surface area contributed by atoms with Crippen molar-refractivity contribution in [2.75, 3.05) is 30.8 Å². The lowest BCUT2D eigenvalue weighted by atomic mass is 10.1. The molecule has 0 unspecified atom stereocenters. The van der Waals surface area contributed by atoms with Crippen molar-refractivity contribution >= 4 is 11.5 Å². The van der Waals surface area contributed by atoms with Gasteiger partial charge in [0.2, 0.25) is 5.88 Å². The molecular formula is C11H17N3O. The van der Waals surface area contributed by atoms with Crippen molar-refractivity contribution in [3.8, 4) is 5.88 Å². The number of nitrogens with zero attached hydrogens (tertiary/aromatic N) is 2. The zero-order valence-corrected chi connectivity index (χ0v) is 9.07. The Kier molecular flexibility index (Phi) is 2.94. The monoisotopic (exact) mass is 207 g/mol.